The van der Waals surface area contributed by atoms with Gasteiger partial charge in [0, 0.05) is 23.2 Å². The standard InChI is InChI=1S/C29H24ClN5O3/c1-18-26-24(34-35-28(36)22-10-5-6-11-23(22)30)12-7-13-25(26)38-27(18)29(37)31-19-14-16-21(17-15-19)33-32-20-8-3-2-4-9-20/h2-6,8-11,14-17H,7,12-13H2,1H3,(H,31,37)(H,35,36)/b33-32?,34-24+. The topological polar surface area (TPSA) is 108 Å². The Morgan fingerprint density at radius 1 is 0.842 bits per heavy atom. The van der Waals surface area contributed by atoms with E-state index in [4.69, 9.17) is 16.0 Å². The van der Waals surface area contributed by atoms with Crippen LogP contribution < -0.4 is 10.7 Å². The van der Waals surface area contributed by atoms with E-state index >= 15 is 0 Å². The number of nitrogens with zero attached hydrogens (tertiary/aromatic N) is 3. The highest BCUT2D eigenvalue weighted by Gasteiger charge is 2.28. The number of furan rings is 1. The van der Waals surface area contributed by atoms with Gasteiger partial charge in [-0.3, -0.25) is 9.59 Å². The maximum atomic E-state index is 13.1. The maximum absolute atomic E-state index is 13.1. The van der Waals surface area contributed by atoms with E-state index in [-0.39, 0.29) is 11.7 Å². The fourth-order valence-electron chi connectivity index (χ4n) is 4.23. The number of anilines is 1. The average Bonchev–Trinajstić information content (AvgIpc) is 3.29. The largest absolute Gasteiger partial charge is 0.455 e. The predicted octanol–water partition coefficient (Wildman–Crippen LogP) is 7.38. The number of nitrogens with one attached hydrogen (secondary N) is 2. The highest BCUT2D eigenvalue weighted by molar-refractivity contribution is 6.33. The molecule has 0 saturated carbocycles. The molecule has 1 aliphatic carbocycles. The van der Waals surface area contributed by atoms with Gasteiger partial charge < -0.3 is 9.73 Å². The number of hydrazone groups is 1. The maximum Gasteiger partial charge on any atom is 0.291 e. The van der Waals surface area contributed by atoms with Crippen molar-refractivity contribution in [2.45, 2.75) is 26.2 Å². The Hall–Kier alpha value is -4.56. The Morgan fingerprint density at radius 3 is 2.26 bits per heavy atom. The number of aryl methyl sites for hydroxylation is 1. The van der Waals surface area contributed by atoms with Crippen molar-refractivity contribution >= 4 is 46.2 Å². The van der Waals surface area contributed by atoms with Gasteiger partial charge in [-0.2, -0.15) is 15.3 Å². The van der Waals surface area contributed by atoms with Crippen molar-refractivity contribution in [3.63, 3.8) is 0 Å². The summed E-state index contributed by atoms with van der Waals surface area (Å²) >= 11 is 6.12. The summed E-state index contributed by atoms with van der Waals surface area (Å²) in [4.78, 5) is 25.6. The molecule has 1 aromatic heterocycles. The van der Waals surface area contributed by atoms with Gasteiger partial charge in [-0.05, 0) is 68.3 Å². The summed E-state index contributed by atoms with van der Waals surface area (Å²) in [7, 11) is 0. The molecule has 2 N–H and O–H groups in total. The van der Waals surface area contributed by atoms with Crippen LogP contribution in [0.2, 0.25) is 5.02 Å². The van der Waals surface area contributed by atoms with Gasteiger partial charge in [0.05, 0.1) is 27.7 Å². The van der Waals surface area contributed by atoms with Crippen LogP contribution in [0.1, 0.15) is 50.6 Å². The minimum atomic E-state index is -0.402. The van der Waals surface area contributed by atoms with Gasteiger partial charge in [0.25, 0.3) is 11.8 Å². The van der Waals surface area contributed by atoms with E-state index in [9.17, 15) is 9.59 Å². The summed E-state index contributed by atoms with van der Waals surface area (Å²) in [6.07, 6.45) is 2.12. The molecule has 0 saturated heterocycles. The number of hydrogen-bond acceptors (Lipinski definition) is 6. The first-order valence-electron chi connectivity index (χ1n) is 12.1. The molecule has 190 valence electrons. The molecule has 1 aliphatic rings. The molecule has 0 atom stereocenters. The van der Waals surface area contributed by atoms with E-state index in [0.717, 1.165) is 17.7 Å². The van der Waals surface area contributed by atoms with E-state index in [1.807, 2.05) is 37.3 Å². The summed E-state index contributed by atoms with van der Waals surface area (Å²) in [5.41, 5.74) is 7.05. The Morgan fingerprint density at radius 2 is 1.53 bits per heavy atom. The van der Waals surface area contributed by atoms with Gasteiger partial charge in [-0.1, -0.05) is 41.9 Å². The fraction of sp³-hybridized carbons (Fsp3) is 0.138. The number of hydrogen-bond donors (Lipinski definition) is 2. The van der Waals surface area contributed by atoms with Crippen molar-refractivity contribution in [2.75, 3.05) is 5.32 Å². The molecule has 0 fully saturated rings. The van der Waals surface area contributed by atoms with E-state index in [2.05, 4.69) is 26.1 Å². The average molecular weight is 526 g/mol. The van der Waals surface area contributed by atoms with Crippen molar-refractivity contribution < 1.29 is 14.0 Å². The van der Waals surface area contributed by atoms with Crippen molar-refractivity contribution in [1.29, 1.82) is 0 Å². The van der Waals surface area contributed by atoms with Crippen molar-refractivity contribution in [2.24, 2.45) is 15.3 Å². The third kappa shape index (κ3) is 5.55. The molecule has 8 nitrogen and oxygen atoms in total. The van der Waals surface area contributed by atoms with Crippen LogP contribution in [0.4, 0.5) is 17.1 Å². The third-order valence-corrected chi connectivity index (χ3v) is 6.43. The molecule has 4 aromatic rings. The second-order valence-corrected chi connectivity index (χ2v) is 9.13. The van der Waals surface area contributed by atoms with E-state index in [1.54, 1.807) is 48.5 Å². The predicted molar refractivity (Wildman–Crippen MR) is 147 cm³/mol. The Bertz CT molecular complexity index is 1540. The summed E-state index contributed by atoms with van der Waals surface area (Å²) in [5.74, 6) is 0.132. The molecule has 38 heavy (non-hydrogen) atoms. The number of azo groups is 1. The SMILES string of the molecule is Cc1c(C(=O)Nc2ccc(N=Nc3ccccc3)cc2)oc2c1/C(=N/NC(=O)c1ccccc1Cl)CCC2. The Labute approximate surface area is 224 Å². The molecular formula is C29H24ClN5O3. The van der Waals surface area contributed by atoms with Gasteiger partial charge in [-0.25, -0.2) is 5.43 Å². The number of rotatable bonds is 6. The van der Waals surface area contributed by atoms with Crippen LogP contribution in [-0.4, -0.2) is 17.5 Å². The van der Waals surface area contributed by atoms with Crippen LogP contribution in [0, 0.1) is 6.92 Å². The number of amides is 2. The van der Waals surface area contributed by atoms with E-state index in [1.165, 1.54) is 0 Å². The molecule has 0 bridgehead atoms. The molecule has 3 aromatic carbocycles. The molecule has 0 radical (unpaired) electrons. The molecule has 0 aliphatic heterocycles. The zero-order chi connectivity index (χ0) is 26.5. The van der Waals surface area contributed by atoms with Gasteiger partial charge in [-0.15, -0.1) is 0 Å². The first kappa shape index (κ1) is 25.1. The summed E-state index contributed by atoms with van der Waals surface area (Å²) < 4.78 is 5.96. The minimum absolute atomic E-state index is 0.217. The smallest absolute Gasteiger partial charge is 0.291 e. The summed E-state index contributed by atoms with van der Waals surface area (Å²) in [5, 5.41) is 16.0. The second-order valence-electron chi connectivity index (χ2n) is 8.72. The molecule has 0 spiro atoms. The van der Waals surface area contributed by atoms with Crippen molar-refractivity contribution in [3.05, 3.63) is 112 Å². The fourth-order valence-corrected chi connectivity index (χ4v) is 4.45. The number of carbonyl (C=O) groups excluding carboxylic acids is 2. The molecule has 1 heterocycles. The first-order valence-corrected chi connectivity index (χ1v) is 12.5. The highest BCUT2D eigenvalue weighted by Crippen LogP contribution is 2.30. The van der Waals surface area contributed by atoms with Gasteiger partial charge in [0.2, 0.25) is 0 Å². The quantitative estimate of drug-likeness (QED) is 0.202. The second kappa shape index (κ2) is 11.2. The zero-order valence-electron chi connectivity index (χ0n) is 20.6. The summed E-state index contributed by atoms with van der Waals surface area (Å²) in [6, 6.07) is 23.3. The van der Waals surface area contributed by atoms with Crippen LogP contribution in [0.5, 0.6) is 0 Å². The zero-order valence-corrected chi connectivity index (χ0v) is 21.3. The monoisotopic (exact) mass is 525 g/mol. The van der Waals surface area contributed by atoms with Crippen LogP contribution >= 0.6 is 11.6 Å². The molecule has 5 rings (SSSR count). The lowest BCUT2D eigenvalue weighted by Gasteiger charge is -2.13. The van der Waals surface area contributed by atoms with Gasteiger partial charge >= 0.3 is 0 Å². The minimum Gasteiger partial charge on any atom is -0.455 e. The number of benzene rings is 3. The summed E-state index contributed by atoms with van der Waals surface area (Å²) in [6.45, 7) is 1.82. The van der Waals surface area contributed by atoms with Gasteiger partial charge in [0.1, 0.15) is 5.76 Å². The normalized spacial score (nSPS) is 13.9. The number of carbonyl (C=O) groups is 2. The first-order chi connectivity index (χ1) is 18.5. The Balaban J connectivity index is 1.29. The van der Waals surface area contributed by atoms with E-state index in [0.29, 0.717) is 51.8 Å². The van der Waals surface area contributed by atoms with Crippen molar-refractivity contribution in [3.8, 4) is 0 Å². The molecule has 0 unspecified atom stereocenters. The van der Waals surface area contributed by atoms with Crippen LogP contribution in [0.15, 0.2) is 98.6 Å². The third-order valence-electron chi connectivity index (χ3n) is 6.11. The molecule has 2 amide bonds. The number of halogens is 1. The lowest BCUT2D eigenvalue weighted by molar-refractivity contribution is 0.0953. The lowest BCUT2D eigenvalue weighted by Crippen LogP contribution is -2.22. The Kier molecular flexibility index (Phi) is 7.42. The van der Waals surface area contributed by atoms with E-state index < -0.39 is 5.91 Å². The van der Waals surface area contributed by atoms with Crippen LogP contribution in [0.3, 0.4) is 0 Å². The highest BCUT2D eigenvalue weighted by atomic mass is 35.5. The van der Waals surface area contributed by atoms with Crippen LogP contribution in [-0.2, 0) is 6.42 Å². The van der Waals surface area contributed by atoms with Crippen molar-refractivity contribution in [1.82, 2.24) is 5.43 Å². The lowest BCUT2D eigenvalue weighted by atomic mass is 9.93. The molecule has 9 heteroatoms. The number of fused-ring (bicyclic) bond motifs is 1. The molecular weight excluding hydrogens is 502 g/mol. The van der Waals surface area contributed by atoms with Crippen LogP contribution in [0.25, 0.3) is 0 Å². The van der Waals surface area contributed by atoms with Gasteiger partial charge in [0.15, 0.2) is 5.76 Å².